The first-order valence-corrected chi connectivity index (χ1v) is 6.74. The van der Waals surface area contributed by atoms with Gasteiger partial charge in [0.25, 0.3) is 0 Å². The van der Waals surface area contributed by atoms with Crippen LogP contribution in [0.5, 0.6) is 0 Å². The first-order valence-electron chi connectivity index (χ1n) is 6.74. The zero-order valence-electron chi connectivity index (χ0n) is 11.2. The van der Waals surface area contributed by atoms with E-state index in [1.165, 1.54) is 5.56 Å². The van der Waals surface area contributed by atoms with Crippen molar-refractivity contribution in [1.29, 1.82) is 0 Å². The fraction of sp³-hybridized carbons (Fsp3) is 0.438. The Morgan fingerprint density at radius 2 is 1.78 bits per heavy atom. The van der Waals surface area contributed by atoms with Crippen LogP contribution >= 0.6 is 0 Å². The molecule has 1 heterocycles. The maximum atomic E-state index is 11.8. The molecule has 1 saturated heterocycles. The molecule has 0 bridgehead atoms. The zero-order chi connectivity index (χ0) is 13.0. The number of carbonyl (C=O) groups is 1. The van der Waals surface area contributed by atoms with E-state index in [0.717, 1.165) is 31.5 Å². The lowest BCUT2D eigenvalue weighted by molar-refractivity contribution is -0.124. The average Bonchev–Trinajstić information content (AvgIpc) is 2.90. The molecule has 0 atom stereocenters. The second-order valence-electron chi connectivity index (χ2n) is 5.19. The van der Waals surface area contributed by atoms with E-state index in [4.69, 9.17) is 0 Å². The fourth-order valence-corrected chi connectivity index (χ4v) is 2.20. The highest BCUT2D eigenvalue weighted by atomic mass is 16.2. The van der Waals surface area contributed by atoms with Crippen LogP contribution in [0.1, 0.15) is 43.7 Å². The molecule has 1 fully saturated rings. The number of carbonyl (C=O) groups excluding carboxylic acids is 1. The van der Waals surface area contributed by atoms with Crippen molar-refractivity contribution in [1.82, 2.24) is 4.90 Å². The lowest BCUT2D eigenvalue weighted by Crippen LogP contribution is -2.25. The molecule has 18 heavy (non-hydrogen) atoms. The molecule has 0 spiro atoms. The van der Waals surface area contributed by atoms with Crippen LogP contribution in [0.25, 0.3) is 6.08 Å². The Bertz CT molecular complexity index is 425. The molecule has 0 radical (unpaired) electrons. The Hall–Kier alpha value is -1.57. The van der Waals surface area contributed by atoms with Crippen LogP contribution in [0.3, 0.4) is 0 Å². The quantitative estimate of drug-likeness (QED) is 0.745. The summed E-state index contributed by atoms with van der Waals surface area (Å²) in [6.45, 7) is 6.19. The smallest absolute Gasteiger partial charge is 0.246 e. The van der Waals surface area contributed by atoms with Gasteiger partial charge in [0, 0.05) is 19.2 Å². The largest absolute Gasteiger partial charge is 0.339 e. The van der Waals surface area contributed by atoms with Crippen LogP contribution < -0.4 is 0 Å². The number of amides is 1. The van der Waals surface area contributed by atoms with Gasteiger partial charge < -0.3 is 4.90 Å². The van der Waals surface area contributed by atoms with E-state index in [1.807, 2.05) is 11.0 Å². The Morgan fingerprint density at radius 1 is 1.17 bits per heavy atom. The minimum absolute atomic E-state index is 0.139. The number of benzene rings is 1. The minimum Gasteiger partial charge on any atom is -0.339 e. The third kappa shape index (κ3) is 3.22. The Kier molecular flexibility index (Phi) is 4.19. The number of hydrogen-bond acceptors (Lipinski definition) is 1. The summed E-state index contributed by atoms with van der Waals surface area (Å²) in [5.41, 5.74) is 2.42. The molecule has 1 aromatic carbocycles. The van der Waals surface area contributed by atoms with Crippen LogP contribution in [0, 0.1) is 0 Å². The van der Waals surface area contributed by atoms with E-state index in [2.05, 4.69) is 38.1 Å². The van der Waals surface area contributed by atoms with Gasteiger partial charge in [-0.1, -0.05) is 38.1 Å². The Balaban J connectivity index is 1.97. The summed E-state index contributed by atoms with van der Waals surface area (Å²) < 4.78 is 0. The highest BCUT2D eigenvalue weighted by molar-refractivity contribution is 5.91. The van der Waals surface area contributed by atoms with Crippen molar-refractivity contribution in [2.75, 3.05) is 13.1 Å². The predicted octanol–water partition coefficient (Wildman–Crippen LogP) is 3.45. The molecule has 0 aliphatic carbocycles. The predicted molar refractivity (Wildman–Crippen MR) is 75.4 cm³/mol. The van der Waals surface area contributed by atoms with E-state index in [0.29, 0.717) is 5.92 Å². The lowest BCUT2D eigenvalue weighted by Gasteiger charge is -2.11. The molecule has 0 N–H and O–H groups in total. The highest BCUT2D eigenvalue weighted by Crippen LogP contribution is 2.15. The number of hydrogen-bond donors (Lipinski definition) is 0. The van der Waals surface area contributed by atoms with Crippen LogP contribution in [-0.4, -0.2) is 23.9 Å². The normalized spacial score (nSPS) is 15.8. The highest BCUT2D eigenvalue weighted by Gasteiger charge is 2.14. The van der Waals surface area contributed by atoms with Gasteiger partial charge in [-0.05, 0) is 36.0 Å². The molecule has 2 heteroatoms. The molecular formula is C16H21NO. The van der Waals surface area contributed by atoms with Crippen molar-refractivity contribution < 1.29 is 4.79 Å². The van der Waals surface area contributed by atoms with Gasteiger partial charge in [-0.15, -0.1) is 0 Å². The third-order valence-corrected chi connectivity index (χ3v) is 3.44. The van der Waals surface area contributed by atoms with E-state index < -0.39 is 0 Å². The van der Waals surface area contributed by atoms with Crippen molar-refractivity contribution in [2.24, 2.45) is 0 Å². The number of likely N-dealkylation sites (tertiary alicyclic amines) is 1. The molecule has 1 aliphatic heterocycles. The van der Waals surface area contributed by atoms with Crippen LogP contribution in [-0.2, 0) is 4.79 Å². The molecule has 1 amide bonds. The van der Waals surface area contributed by atoms with Crippen molar-refractivity contribution >= 4 is 12.0 Å². The average molecular weight is 243 g/mol. The second-order valence-corrected chi connectivity index (χ2v) is 5.19. The summed E-state index contributed by atoms with van der Waals surface area (Å²) >= 11 is 0. The second kappa shape index (κ2) is 5.85. The van der Waals surface area contributed by atoms with E-state index in [1.54, 1.807) is 6.08 Å². The molecular weight excluding hydrogens is 222 g/mol. The first kappa shape index (κ1) is 12.9. The van der Waals surface area contributed by atoms with Gasteiger partial charge in [0.05, 0.1) is 0 Å². The molecule has 0 unspecified atom stereocenters. The van der Waals surface area contributed by atoms with Crippen molar-refractivity contribution in [2.45, 2.75) is 32.6 Å². The molecule has 1 aromatic rings. The number of rotatable bonds is 3. The van der Waals surface area contributed by atoms with E-state index in [-0.39, 0.29) is 5.91 Å². The lowest BCUT2D eigenvalue weighted by atomic mass is 10.0. The van der Waals surface area contributed by atoms with Gasteiger partial charge in [0.1, 0.15) is 0 Å². The summed E-state index contributed by atoms with van der Waals surface area (Å²) in [4.78, 5) is 13.7. The molecule has 0 aromatic heterocycles. The summed E-state index contributed by atoms with van der Waals surface area (Å²) in [5, 5.41) is 0. The number of nitrogens with zero attached hydrogens (tertiary/aromatic N) is 1. The van der Waals surface area contributed by atoms with Gasteiger partial charge in [0.15, 0.2) is 0 Å². The van der Waals surface area contributed by atoms with Gasteiger partial charge >= 0.3 is 0 Å². The maximum absolute atomic E-state index is 11.8. The van der Waals surface area contributed by atoms with Gasteiger partial charge in [-0.2, -0.15) is 0 Å². The standard InChI is InChI=1S/C16H21NO/c1-13(2)15-8-5-14(6-9-15)7-10-16(18)17-11-3-4-12-17/h5-10,13H,3-4,11-12H2,1-2H3/b10-7+. The molecule has 2 nitrogen and oxygen atoms in total. The maximum Gasteiger partial charge on any atom is 0.246 e. The molecule has 0 saturated carbocycles. The van der Waals surface area contributed by atoms with E-state index >= 15 is 0 Å². The van der Waals surface area contributed by atoms with Crippen LogP contribution in [0.4, 0.5) is 0 Å². The van der Waals surface area contributed by atoms with Crippen molar-refractivity contribution in [3.05, 3.63) is 41.5 Å². The van der Waals surface area contributed by atoms with Crippen molar-refractivity contribution in [3.63, 3.8) is 0 Å². The summed E-state index contributed by atoms with van der Waals surface area (Å²) in [6, 6.07) is 8.40. The van der Waals surface area contributed by atoms with Crippen molar-refractivity contribution in [3.8, 4) is 0 Å². The topological polar surface area (TPSA) is 20.3 Å². The monoisotopic (exact) mass is 243 g/mol. The first-order chi connectivity index (χ1) is 8.66. The Morgan fingerprint density at radius 3 is 2.33 bits per heavy atom. The van der Waals surface area contributed by atoms with Crippen LogP contribution in [0.15, 0.2) is 30.3 Å². The molecule has 1 aliphatic rings. The SMILES string of the molecule is CC(C)c1ccc(/C=C/C(=O)N2CCCC2)cc1. The third-order valence-electron chi connectivity index (χ3n) is 3.44. The summed E-state index contributed by atoms with van der Waals surface area (Å²) in [6.07, 6.45) is 5.88. The fourth-order valence-electron chi connectivity index (χ4n) is 2.20. The van der Waals surface area contributed by atoms with E-state index in [9.17, 15) is 4.79 Å². The zero-order valence-corrected chi connectivity index (χ0v) is 11.2. The molecule has 96 valence electrons. The minimum atomic E-state index is 0.139. The van der Waals surface area contributed by atoms with Gasteiger partial charge in [0.2, 0.25) is 5.91 Å². The van der Waals surface area contributed by atoms with Gasteiger partial charge in [-0.3, -0.25) is 4.79 Å². The summed E-state index contributed by atoms with van der Waals surface area (Å²) in [7, 11) is 0. The van der Waals surface area contributed by atoms with Gasteiger partial charge in [-0.25, -0.2) is 0 Å². The molecule has 2 rings (SSSR count). The summed E-state index contributed by atoms with van der Waals surface area (Å²) in [5.74, 6) is 0.690. The Labute approximate surface area is 109 Å². The van der Waals surface area contributed by atoms with Crippen LogP contribution in [0.2, 0.25) is 0 Å².